The summed E-state index contributed by atoms with van der Waals surface area (Å²) in [7, 11) is 0. The number of nitrogens with one attached hydrogen (secondary N) is 4. The molecule has 30 heavy (non-hydrogen) atoms. The molecule has 3 unspecified atom stereocenters. The van der Waals surface area contributed by atoms with E-state index < -0.39 is 42.3 Å². The first kappa shape index (κ1) is 21.3. The predicted octanol–water partition coefficient (Wildman–Crippen LogP) is -0.608. The van der Waals surface area contributed by atoms with Crippen LogP contribution in [0.25, 0.3) is 10.9 Å². The lowest BCUT2D eigenvalue weighted by atomic mass is 10.0. The first-order chi connectivity index (χ1) is 14.3. The van der Waals surface area contributed by atoms with Gasteiger partial charge in [-0.15, -0.1) is 0 Å². The van der Waals surface area contributed by atoms with E-state index >= 15 is 0 Å². The number of para-hydroxylation sites is 1. The molecule has 1 aliphatic heterocycles. The van der Waals surface area contributed by atoms with E-state index in [1.807, 2.05) is 24.3 Å². The van der Waals surface area contributed by atoms with E-state index in [4.69, 9.17) is 5.73 Å². The van der Waals surface area contributed by atoms with Gasteiger partial charge in [0.1, 0.15) is 12.1 Å². The highest BCUT2D eigenvalue weighted by Crippen LogP contribution is 2.19. The Balaban J connectivity index is 1.80. The molecule has 0 bridgehead atoms. The molecule has 10 heteroatoms. The zero-order valence-electron chi connectivity index (χ0n) is 16.3. The van der Waals surface area contributed by atoms with Crippen LogP contribution in [0.15, 0.2) is 30.5 Å². The maximum absolute atomic E-state index is 12.9. The third kappa shape index (κ3) is 5.15. The molecule has 0 saturated carbocycles. The number of H-pyrrole nitrogens is 1. The van der Waals surface area contributed by atoms with Crippen LogP contribution in [0.2, 0.25) is 0 Å². The Labute approximate surface area is 172 Å². The van der Waals surface area contributed by atoms with E-state index in [9.17, 15) is 24.3 Å². The van der Waals surface area contributed by atoms with Gasteiger partial charge in [-0.2, -0.15) is 0 Å². The second kappa shape index (κ2) is 9.40. The Morgan fingerprint density at radius 2 is 1.93 bits per heavy atom. The van der Waals surface area contributed by atoms with Gasteiger partial charge in [0.05, 0.1) is 12.5 Å². The number of carbonyl (C=O) groups is 4. The number of hydrogen-bond donors (Lipinski definition) is 6. The smallest absolute Gasteiger partial charge is 0.326 e. The molecule has 3 rings (SSSR count). The molecule has 160 valence electrons. The number of aliphatic carboxylic acids is 1. The second-order valence-electron chi connectivity index (χ2n) is 7.34. The van der Waals surface area contributed by atoms with Crippen LogP contribution in [0.3, 0.4) is 0 Å². The first-order valence-corrected chi connectivity index (χ1v) is 9.75. The fourth-order valence-electron chi connectivity index (χ4n) is 3.58. The number of amides is 3. The minimum absolute atomic E-state index is 0.150. The maximum Gasteiger partial charge on any atom is 0.326 e. The standard InChI is InChI=1S/C20H25N5O5/c21-17(26)9-16(20(29)30)25-19(28)15(24-18(27)14-6-3-7-22-14)8-11-10-23-13-5-2-1-4-12(11)13/h1-2,4-5,10,14-16,22-23H,3,6-9H2,(H2,21,26)(H,24,27)(H,25,28)(H,29,30). The van der Waals surface area contributed by atoms with Gasteiger partial charge in [-0.3, -0.25) is 14.4 Å². The van der Waals surface area contributed by atoms with Crippen LogP contribution in [0.1, 0.15) is 24.8 Å². The van der Waals surface area contributed by atoms with Crippen LogP contribution in [-0.4, -0.2) is 58.5 Å². The number of aromatic nitrogens is 1. The van der Waals surface area contributed by atoms with E-state index in [2.05, 4.69) is 20.9 Å². The number of hydrogen-bond acceptors (Lipinski definition) is 5. The highest BCUT2D eigenvalue weighted by Gasteiger charge is 2.31. The van der Waals surface area contributed by atoms with Crippen LogP contribution in [0.4, 0.5) is 0 Å². The third-order valence-corrected chi connectivity index (χ3v) is 5.13. The molecule has 1 fully saturated rings. The van der Waals surface area contributed by atoms with E-state index in [0.29, 0.717) is 6.42 Å². The molecule has 1 aromatic heterocycles. The quantitative estimate of drug-likeness (QED) is 0.320. The fourth-order valence-corrected chi connectivity index (χ4v) is 3.58. The van der Waals surface area contributed by atoms with Crippen molar-refractivity contribution >= 4 is 34.6 Å². The summed E-state index contributed by atoms with van der Waals surface area (Å²) in [5.41, 5.74) is 6.76. The van der Waals surface area contributed by atoms with Crippen molar-refractivity contribution in [3.05, 3.63) is 36.0 Å². The normalized spacial score (nSPS) is 17.9. The van der Waals surface area contributed by atoms with Crippen molar-refractivity contribution in [2.75, 3.05) is 6.54 Å². The molecule has 1 aliphatic rings. The zero-order valence-corrected chi connectivity index (χ0v) is 16.3. The van der Waals surface area contributed by atoms with Crippen molar-refractivity contribution in [3.8, 4) is 0 Å². The Hall–Kier alpha value is -3.40. The molecular formula is C20H25N5O5. The minimum Gasteiger partial charge on any atom is -0.480 e. The molecule has 3 amide bonds. The molecule has 0 aliphatic carbocycles. The van der Waals surface area contributed by atoms with Gasteiger partial charge in [0.2, 0.25) is 17.7 Å². The number of aromatic amines is 1. The van der Waals surface area contributed by atoms with Gasteiger partial charge in [0.25, 0.3) is 0 Å². The molecule has 0 spiro atoms. The van der Waals surface area contributed by atoms with Crippen LogP contribution >= 0.6 is 0 Å². The Morgan fingerprint density at radius 3 is 2.60 bits per heavy atom. The molecule has 1 saturated heterocycles. The molecule has 0 radical (unpaired) electrons. The topological polar surface area (TPSA) is 166 Å². The van der Waals surface area contributed by atoms with Gasteiger partial charge in [-0.25, -0.2) is 4.79 Å². The zero-order chi connectivity index (χ0) is 21.7. The van der Waals surface area contributed by atoms with Crippen molar-refractivity contribution in [1.29, 1.82) is 0 Å². The van der Waals surface area contributed by atoms with Crippen molar-refractivity contribution < 1.29 is 24.3 Å². The highest BCUT2D eigenvalue weighted by atomic mass is 16.4. The lowest BCUT2D eigenvalue weighted by Crippen LogP contribution is -2.55. The van der Waals surface area contributed by atoms with Crippen LogP contribution in [0, 0.1) is 0 Å². The molecule has 7 N–H and O–H groups in total. The number of fused-ring (bicyclic) bond motifs is 1. The molecule has 2 heterocycles. The summed E-state index contributed by atoms with van der Waals surface area (Å²) in [6.07, 6.45) is 2.88. The lowest BCUT2D eigenvalue weighted by molar-refractivity contribution is -0.143. The fraction of sp³-hybridized carbons (Fsp3) is 0.400. The monoisotopic (exact) mass is 415 g/mol. The van der Waals surface area contributed by atoms with Crippen molar-refractivity contribution in [2.45, 2.75) is 43.8 Å². The molecule has 2 aromatic rings. The number of rotatable bonds is 9. The average molecular weight is 415 g/mol. The molecule has 1 aromatic carbocycles. The van der Waals surface area contributed by atoms with Crippen LogP contribution in [-0.2, 0) is 25.6 Å². The predicted molar refractivity (Wildman–Crippen MR) is 108 cm³/mol. The first-order valence-electron chi connectivity index (χ1n) is 9.75. The molecule has 3 atom stereocenters. The third-order valence-electron chi connectivity index (χ3n) is 5.13. The van der Waals surface area contributed by atoms with E-state index in [1.54, 1.807) is 6.20 Å². The summed E-state index contributed by atoms with van der Waals surface area (Å²) in [5, 5.41) is 18.3. The van der Waals surface area contributed by atoms with E-state index in [-0.39, 0.29) is 12.3 Å². The van der Waals surface area contributed by atoms with Gasteiger partial charge >= 0.3 is 5.97 Å². The number of carbonyl (C=O) groups excluding carboxylic acids is 3. The number of carboxylic acids is 1. The number of carboxylic acid groups (broad SMARTS) is 1. The Kier molecular flexibility index (Phi) is 6.68. The number of benzene rings is 1. The average Bonchev–Trinajstić information content (AvgIpc) is 3.37. The van der Waals surface area contributed by atoms with E-state index in [1.165, 1.54) is 0 Å². The largest absolute Gasteiger partial charge is 0.480 e. The summed E-state index contributed by atoms with van der Waals surface area (Å²) in [5.74, 6) is -3.25. The Bertz CT molecular complexity index is 950. The van der Waals surface area contributed by atoms with Crippen molar-refractivity contribution in [3.63, 3.8) is 0 Å². The SMILES string of the molecule is NC(=O)CC(NC(=O)C(Cc1c[nH]c2ccccc12)NC(=O)C1CCCN1)C(=O)O. The summed E-state index contributed by atoms with van der Waals surface area (Å²) in [6, 6.07) is 4.64. The second-order valence-corrected chi connectivity index (χ2v) is 7.34. The van der Waals surface area contributed by atoms with E-state index in [0.717, 1.165) is 29.4 Å². The van der Waals surface area contributed by atoms with Gasteiger partial charge in [-0.1, -0.05) is 18.2 Å². The maximum atomic E-state index is 12.9. The summed E-state index contributed by atoms with van der Waals surface area (Å²) in [4.78, 5) is 51.1. The summed E-state index contributed by atoms with van der Waals surface area (Å²) < 4.78 is 0. The lowest BCUT2D eigenvalue weighted by Gasteiger charge is -2.22. The van der Waals surface area contributed by atoms with Gasteiger partial charge < -0.3 is 31.8 Å². The molecule has 10 nitrogen and oxygen atoms in total. The van der Waals surface area contributed by atoms with Crippen molar-refractivity contribution in [2.24, 2.45) is 5.73 Å². The van der Waals surface area contributed by atoms with Crippen LogP contribution < -0.4 is 21.7 Å². The Morgan fingerprint density at radius 1 is 1.17 bits per heavy atom. The number of nitrogens with two attached hydrogens (primary N) is 1. The van der Waals surface area contributed by atoms with Crippen molar-refractivity contribution in [1.82, 2.24) is 20.9 Å². The van der Waals surface area contributed by atoms with Gasteiger partial charge in [0.15, 0.2) is 0 Å². The minimum atomic E-state index is -1.47. The highest BCUT2D eigenvalue weighted by molar-refractivity contribution is 5.94. The van der Waals surface area contributed by atoms with Gasteiger partial charge in [-0.05, 0) is 31.0 Å². The molecular weight excluding hydrogens is 390 g/mol. The summed E-state index contributed by atoms with van der Waals surface area (Å²) >= 11 is 0. The number of primary amides is 1. The van der Waals surface area contributed by atoms with Crippen LogP contribution in [0.5, 0.6) is 0 Å². The summed E-state index contributed by atoms with van der Waals surface area (Å²) in [6.45, 7) is 0.719. The van der Waals surface area contributed by atoms with Gasteiger partial charge in [0, 0.05) is 23.5 Å².